The molecule has 204 valence electrons. The van der Waals surface area contributed by atoms with Gasteiger partial charge in [-0.25, -0.2) is 0 Å². The predicted molar refractivity (Wildman–Crippen MR) is 142 cm³/mol. The normalized spacial score (nSPS) is 15.4. The van der Waals surface area contributed by atoms with E-state index in [1.165, 1.54) is 4.90 Å². The molecular formula is C29H31N3O7. The van der Waals surface area contributed by atoms with Gasteiger partial charge in [-0.3, -0.25) is 24.2 Å². The van der Waals surface area contributed by atoms with E-state index in [9.17, 15) is 14.4 Å². The van der Waals surface area contributed by atoms with E-state index in [2.05, 4.69) is 10.2 Å². The van der Waals surface area contributed by atoms with Gasteiger partial charge < -0.3 is 23.9 Å². The van der Waals surface area contributed by atoms with Gasteiger partial charge in [0.15, 0.2) is 24.8 Å². The molecule has 3 heterocycles. The molecule has 2 aromatic carbocycles. The first-order chi connectivity index (χ1) is 19.0. The van der Waals surface area contributed by atoms with E-state index in [1.54, 1.807) is 30.3 Å². The molecule has 5 rings (SSSR count). The second-order valence-corrected chi connectivity index (χ2v) is 9.40. The van der Waals surface area contributed by atoms with Crippen LogP contribution in [0.3, 0.4) is 0 Å². The summed E-state index contributed by atoms with van der Waals surface area (Å²) in [5, 5.41) is 2.87. The summed E-state index contributed by atoms with van der Waals surface area (Å²) < 4.78 is 22.4. The van der Waals surface area contributed by atoms with Crippen molar-refractivity contribution in [2.75, 3.05) is 57.5 Å². The van der Waals surface area contributed by atoms with Gasteiger partial charge in [-0.05, 0) is 48.9 Å². The Balaban J connectivity index is 1.22. The SMILES string of the molecule is Cc1ccccc1OCC(=O)c1ccc2c(c1)N(Cc1ccc(C(=O)NCCN3CCOCC3)o1)C(=O)CO2. The first kappa shape index (κ1) is 26.5. The van der Waals surface area contributed by atoms with E-state index in [0.717, 1.165) is 25.2 Å². The van der Waals surface area contributed by atoms with Gasteiger partial charge in [-0.15, -0.1) is 0 Å². The largest absolute Gasteiger partial charge is 0.485 e. The van der Waals surface area contributed by atoms with Crippen LogP contribution in [0, 0.1) is 6.92 Å². The van der Waals surface area contributed by atoms with Crippen LogP contribution in [0.25, 0.3) is 0 Å². The monoisotopic (exact) mass is 533 g/mol. The maximum absolute atomic E-state index is 12.9. The van der Waals surface area contributed by atoms with Gasteiger partial charge in [-0.2, -0.15) is 0 Å². The summed E-state index contributed by atoms with van der Waals surface area (Å²) >= 11 is 0. The summed E-state index contributed by atoms with van der Waals surface area (Å²) in [6.07, 6.45) is 0. The number of Topliss-reactive ketones (excluding diaryl/α,β-unsaturated/α-hetero) is 1. The lowest BCUT2D eigenvalue weighted by Crippen LogP contribution is -2.41. The van der Waals surface area contributed by atoms with Crippen molar-refractivity contribution in [3.63, 3.8) is 0 Å². The highest BCUT2D eigenvalue weighted by atomic mass is 16.5. The first-order valence-corrected chi connectivity index (χ1v) is 12.9. The lowest BCUT2D eigenvalue weighted by atomic mass is 10.1. The summed E-state index contributed by atoms with van der Waals surface area (Å²) in [4.78, 5) is 42.0. The molecule has 2 aliphatic heterocycles. The summed E-state index contributed by atoms with van der Waals surface area (Å²) in [7, 11) is 0. The minimum absolute atomic E-state index is 0.0909. The van der Waals surface area contributed by atoms with Crippen LogP contribution in [0.4, 0.5) is 5.69 Å². The number of carbonyl (C=O) groups excluding carboxylic acids is 3. The van der Waals surface area contributed by atoms with Gasteiger partial charge in [0, 0.05) is 31.7 Å². The summed E-state index contributed by atoms with van der Waals surface area (Å²) in [6, 6.07) is 15.7. The van der Waals surface area contributed by atoms with Crippen LogP contribution in [0.1, 0.15) is 32.2 Å². The van der Waals surface area contributed by atoms with Crippen LogP contribution in [0.5, 0.6) is 11.5 Å². The number of aryl methyl sites for hydroxylation is 1. The number of nitrogens with one attached hydrogen (secondary N) is 1. The van der Waals surface area contributed by atoms with E-state index < -0.39 is 0 Å². The third-order valence-electron chi connectivity index (χ3n) is 6.69. The number of nitrogens with zero attached hydrogens (tertiary/aromatic N) is 2. The van der Waals surface area contributed by atoms with Crippen molar-refractivity contribution in [2.45, 2.75) is 13.5 Å². The zero-order chi connectivity index (χ0) is 27.2. The molecule has 1 N–H and O–H groups in total. The number of benzene rings is 2. The molecule has 2 aliphatic rings. The Morgan fingerprint density at radius 2 is 1.87 bits per heavy atom. The van der Waals surface area contributed by atoms with Crippen LogP contribution >= 0.6 is 0 Å². The molecule has 1 saturated heterocycles. The quantitative estimate of drug-likeness (QED) is 0.396. The second kappa shape index (κ2) is 12.1. The fourth-order valence-electron chi connectivity index (χ4n) is 4.47. The van der Waals surface area contributed by atoms with E-state index >= 15 is 0 Å². The highest BCUT2D eigenvalue weighted by molar-refractivity contribution is 6.02. The summed E-state index contributed by atoms with van der Waals surface area (Å²) in [5.41, 5.74) is 1.79. The Kier molecular flexibility index (Phi) is 8.24. The Bertz CT molecular complexity index is 1350. The molecule has 1 aromatic heterocycles. The van der Waals surface area contributed by atoms with E-state index in [4.69, 9.17) is 18.6 Å². The van der Waals surface area contributed by atoms with Gasteiger partial charge >= 0.3 is 0 Å². The van der Waals surface area contributed by atoms with E-state index in [0.29, 0.717) is 48.3 Å². The Morgan fingerprint density at radius 1 is 1.05 bits per heavy atom. The molecule has 1 fully saturated rings. The number of para-hydroxylation sites is 1. The number of anilines is 1. The zero-order valence-electron chi connectivity index (χ0n) is 21.8. The number of ketones is 1. The molecule has 0 atom stereocenters. The van der Waals surface area contributed by atoms with Crippen LogP contribution in [-0.4, -0.2) is 75.1 Å². The maximum Gasteiger partial charge on any atom is 0.287 e. The number of fused-ring (bicyclic) bond motifs is 1. The number of carbonyl (C=O) groups is 3. The van der Waals surface area contributed by atoms with Gasteiger partial charge in [0.1, 0.15) is 17.3 Å². The van der Waals surface area contributed by atoms with Gasteiger partial charge in [0.25, 0.3) is 11.8 Å². The molecule has 0 radical (unpaired) electrons. The number of rotatable bonds is 10. The van der Waals surface area contributed by atoms with Gasteiger partial charge in [-0.1, -0.05) is 18.2 Å². The average molecular weight is 534 g/mol. The molecule has 0 saturated carbocycles. The number of hydrogen-bond acceptors (Lipinski definition) is 8. The topological polar surface area (TPSA) is 111 Å². The molecule has 0 aliphatic carbocycles. The van der Waals surface area contributed by atoms with Crippen molar-refractivity contribution >= 4 is 23.3 Å². The molecule has 0 spiro atoms. The fourth-order valence-corrected chi connectivity index (χ4v) is 4.47. The molecule has 0 bridgehead atoms. The smallest absolute Gasteiger partial charge is 0.287 e. The number of morpholine rings is 1. The molecule has 39 heavy (non-hydrogen) atoms. The van der Waals surface area contributed by atoms with E-state index in [-0.39, 0.29) is 43.1 Å². The first-order valence-electron chi connectivity index (χ1n) is 12.9. The van der Waals surface area contributed by atoms with Crippen LogP contribution in [0.15, 0.2) is 59.0 Å². The fraction of sp³-hybridized carbons (Fsp3) is 0.345. The molecule has 3 aromatic rings. The lowest BCUT2D eigenvalue weighted by molar-refractivity contribution is -0.121. The molecule has 10 heteroatoms. The van der Waals surface area contributed by atoms with E-state index in [1.807, 2.05) is 31.2 Å². The standard InChI is InChI=1S/C29H31N3O7/c1-20-4-2-3-5-25(20)37-18-24(33)21-6-8-26-23(16-21)32(28(34)19-38-26)17-22-7-9-27(39-22)29(35)30-10-11-31-12-14-36-15-13-31/h2-9,16H,10-15,17-19H2,1H3,(H,30,35). The Hall–Kier alpha value is -4.15. The number of ether oxygens (including phenoxy) is 3. The minimum Gasteiger partial charge on any atom is -0.485 e. The predicted octanol–water partition coefficient (Wildman–Crippen LogP) is 2.84. The van der Waals surface area contributed by atoms with Gasteiger partial charge in [0.05, 0.1) is 25.4 Å². The van der Waals surface area contributed by atoms with Crippen LogP contribution in [-0.2, 0) is 16.1 Å². The van der Waals surface area contributed by atoms with Crippen LogP contribution in [0.2, 0.25) is 0 Å². The highest BCUT2D eigenvalue weighted by Crippen LogP contribution is 2.34. The molecule has 10 nitrogen and oxygen atoms in total. The Labute approximate surface area is 226 Å². The van der Waals surface area contributed by atoms with Crippen molar-refractivity contribution in [1.29, 1.82) is 0 Å². The molecule has 2 amide bonds. The minimum atomic E-state index is -0.315. The number of amides is 2. The third kappa shape index (κ3) is 6.47. The highest BCUT2D eigenvalue weighted by Gasteiger charge is 2.28. The second-order valence-electron chi connectivity index (χ2n) is 9.40. The molecule has 0 unspecified atom stereocenters. The summed E-state index contributed by atoms with van der Waals surface area (Å²) in [5.74, 6) is 0.912. The maximum atomic E-state index is 12.9. The lowest BCUT2D eigenvalue weighted by Gasteiger charge is -2.29. The molecular weight excluding hydrogens is 502 g/mol. The zero-order valence-corrected chi connectivity index (χ0v) is 21.8. The number of hydrogen-bond donors (Lipinski definition) is 1. The van der Waals surface area contributed by atoms with Crippen molar-refractivity contribution in [2.24, 2.45) is 0 Å². The third-order valence-corrected chi connectivity index (χ3v) is 6.69. The van der Waals surface area contributed by atoms with Crippen molar-refractivity contribution in [3.05, 3.63) is 77.2 Å². The average Bonchev–Trinajstić information content (AvgIpc) is 3.43. The summed E-state index contributed by atoms with van der Waals surface area (Å²) in [6.45, 7) is 6.07. The van der Waals surface area contributed by atoms with Crippen molar-refractivity contribution in [3.8, 4) is 11.5 Å². The van der Waals surface area contributed by atoms with Crippen molar-refractivity contribution in [1.82, 2.24) is 10.2 Å². The Morgan fingerprint density at radius 3 is 2.69 bits per heavy atom. The van der Waals surface area contributed by atoms with Crippen LogP contribution < -0.4 is 19.7 Å². The van der Waals surface area contributed by atoms with Gasteiger partial charge in [0.2, 0.25) is 0 Å². The van der Waals surface area contributed by atoms with Crippen molar-refractivity contribution < 1.29 is 33.0 Å². The number of furan rings is 1.